The number of aliphatic hydroxyl groups is 1. The van der Waals surface area contributed by atoms with Crippen LogP contribution in [0.4, 0.5) is 0 Å². The first kappa shape index (κ1) is 17.6. The normalized spacial score (nSPS) is 21.2. The molecule has 2 heterocycles. The maximum atomic E-state index is 12.2. The van der Waals surface area contributed by atoms with Crippen molar-refractivity contribution in [2.24, 2.45) is 7.05 Å². The number of aryl methyl sites for hydroxylation is 1. The maximum Gasteiger partial charge on any atom is 0.223 e. The summed E-state index contributed by atoms with van der Waals surface area (Å²) < 4.78 is 1.62. The highest BCUT2D eigenvalue weighted by Crippen LogP contribution is 2.25. The van der Waals surface area contributed by atoms with Gasteiger partial charge in [-0.1, -0.05) is 35.5 Å². The van der Waals surface area contributed by atoms with Crippen molar-refractivity contribution in [2.75, 3.05) is 13.1 Å². The average Bonchev–Trinajstić information content (AvgIpc) is 2.99. The fourth-order valence-electron chi connectivity index (χ4n) is 3.35. The number of hydrogen-bond donors (Lipinski definition) is 2. The molecular formula is C18H25N5O2. The molecule has 25 heavy (non-hydrogen) atoms. The lowest BCUT2D eigenvalue weighted by molar-refractivity contribution is -0.129. The van der Waals surface area contributed by atoms with Crippen LogP contribution in [-0.4, -0.2) is 49.6 Å². The number of hydrogen-bond acceptors (Lipinski definition) is 5. The standard InChI is InChI=1S/C18H25N5O2/c1-22-16(12-20-21-22)11-19-17(24)10-18(25)8-5-9-23(14-18)13-15-6-3-2-4-7-15/h2-4,6-7,12,25H,5,8-11,13-14H2,1H3,(H,19,24). The summed E-state index contributed by atoms with van der Waals surface area (Å²) in [6.07, 6.45) is 3.28. The van der Waals surface area contributed by atoms with Crippen LogP contribution in [0.5, 0.6) is 0 Å². The second kappa shape index (κ2) is 7.76. The molecule has 2 N–H and O–H groups in total. The van der Waals surface area contributed by atoms with Crippen LogP contribution in [0.1, 0.15) is 30.5 Å². The lowest BCUT2D eigenvalue weighted by Gasteiger charge is -2.39. The summed E-state index contributed by atoms with van der Waals surface area (Å²) >= 11 is 0. The molecule has 134 valence electrons. The number of likely N-dealkylation sites (tertiary alicyclic amines) is 1. The van der Waals surface area contributed by atoms with E-state index in [1.54, 1.807) is 17.9 Å². The van der Waals surface area contributed by atoms with Crippen molar-refractivity contribution in [3.05, 3.63) is 47.8 Å². The zero-order chi connectivity index (χ0) is 17.7. The summed E-state index contributed by atoms with van der Waals surface area (Å²) in [6, 6.07) is 10.2. The molecule has 1 saturated heterocycles. The maximum absolute atomic E-state index is 12.2. The lowest BCUT2D eigenvalue weighted by Crippen LogP contribution is -2.50. The first-order valence-electron chi connectivity index (χ1n) is 8.63. The molecule has 7 heteroatoms. The highest BCUT2D eigenvalue weighted by molar-refractivity contribution is 5.77. The molecule has 1 aromatic heterocycles. The van der Waals surface area contributed by atoms with Crippen molar-refractivity contribution >= 4 is 5.91 Å². The third-order valence-electron chi connectivity index (χ3n) is 4.65. The smallest absolute Gasteiger partial charge is 0.223 e. The molecule has 1 atom stereocenters. The van der Waals surface area contributed by atoms with E-state index < -0.39 is 5.60 Å². The van der Waals surface area contributed by atoms with Gasteiger partial charge in [-0.15, -0.1) is 5.10 Å². The van der Waals surface area contributed by atoms with E-state index in [4.69, 9.17) is 0 Å². The monoisotopic (exact) mass is 343 g/mol. The Kier molecular flexibility index (Phi) is 5.45. The molecule has 2 aromatic rings. The van der Waals surface area contributed by atoms with Crippen LogP contribution in [0, 0.1) is 0 Å². The second-order valence-electron chi connectivity index (χ2n) is 6.83. The summed E-state index contributed by atoms with van der Waals surface area (Å²) in [5.41, 5.74) is 1.08. The predicted octanol–water partition coefficient (Wildman–Crippen LogP) is 0.849. The number of benzene rings is 1. The SMILES string of the molecule is Cn1nncc1CNC(=O)CC1(O)CCCN(Cc2ccccc2)C1. The van der Waals surface area contributed by atoms with Gasteiger partial charge in [0, 0.05) is 20.1 Å². The Bertz CT molecular complexity index is 703. The zero-order valence-corrected chi connectivity index (χ0v) is 14.6. The minimum absolute atomic E-state index is 0.115. The van der Waals surface area contributed by atoms with Crippen molar-refractivity contribution < 1.29 is 9.90 Å². The van der Waals surface area contributed by atoms with E-state index in [0.717, 1.165) is 25.2 Å². The third kappa shape index (κ3) is 4.87. The molecule has 1 aliphatic rings. The van der Waals surface area contributed by atoms with Gasteiger partial charge in [0.15, 0.2) is 0 Å². The van der Waals surface area contributed by atoms with E-state index in [-0.39, 0.29) is 12.3 Å². The van der Waals surface area contributed by atoms with Gasteiger partial charge in [0.25, 0.3) is 0 Å². The number of β-amino-alcohol motifs (C(OH)–C–C–N with tert-alkyl or cyclic N) is 1. The number of amides is 1. The van der Waals surface area contributed by atoms with Crippen LogP contribution in [0.15, 0.2) is 36.5 Å². The molecule has 1 unspecified atom stereocenters. The van der Waals surface area contributed by atoms with Gasteiger partial charge >= 0.3 is 0 Å². The van der Waals surface area contributed by atoms with E-state index >= 15 is 0 Å². The fourth-order valence-corrected chi connectivity index (χ4v) is 3.35. The Morgan fingerprint density at radius 1 is 1.36 bits per heavy atom. The Morgan fingerprint density at radius 3 is 2.88 bits per heavy atom. The van der Waals surface area contributed by atoms with Gasteiger partial charge in [-0.05, 0) is 24.9 Å². The predicted molar refractivity (Wildman–Crippen MR) is 93.4 cm³/mol. The highest BCUT2D eigenvalue weighted by atomic mass is 16.3. The fraction of sp³-hybridized carbons (Fsp3) is 0.500. The Morgan fingerprint density at radius 2 is 2.16 bits per heavy atom. The minimum atomic E-state index is -0.970. The molecule has 3 rings (SSSR count). The van der Waals surface area contributed by atoms with Crippen molar-refractivity contribution in [1.29, 1.82) is 0 Å². The van der Waals surface area contributed by atoms with E-state index in [0.29, 0.717) is 19.5 Å². The topological polar surface area (TPSA) is 83.3 Å². The molecule has 0 aliphatic carbocycles. The van der Waals surface area contributed by atoms with Gasteiger partial charge in [0.2, 0.25) is 5.91 Å². The molecule has 0 bridgehead atoms. The number of carbonyl (C=O) groups is 1. The van der Waals surface area contributed by atoms with Crippen LogP contribution < -0.4 is 5.32 Å². The number of nitrogens with zero attached hydrogens (tertiary/aromatic N) is 4. The first-order chi connectivity index (χ1) is 12.0. The van der Waals surface area contributed by atoms with Crippen molar-refractivity contribution in [3.63, 3.8) is 0 Å². The average molecular weight is 343 g/mol. The van der Waals surface area contributed by atoms with Crippen molar-refractivity contribution in [2.45, 2.75) is 38.0 Å². The largest absolute Gasteiger partial charge is 0.388 e. The third-order valence-corrected chi connectivity index (χ3v) is 4.65. The van der Waals surface area contributed by atoms with E-state index in [9.17, 15) is 9.90 Å². The summed E-state index contributed by atoms with van der Waals surface area (Å²) in [4.78, 5) is 14.5. The number of rotatable bonds is 6. The number of aromatic nitrogens is 3. The van der Waals surface area contributed by atoms with Crippen LogP contribution in [0.2, 0.25) is 0 Å². The van der Waals surface area contributed by atoms with E-state index in [1.807, 2.05) is 18.2 Å². The molecule has 1 amide bonds. The van der Waals surface area contributed by atoms with Gasteiger partial charge in [0.1, 0.15) is 0 Å². The van der Waals surface area contributed by atoms with Gasteiger partial charge in [-0.2, -0.15) is 0 Å². The molecule has 0 radical (unpaired) electrons. The Balaban J connectivity index is 1.51. The van der Waals surface area contributed by atoms with Crippen molar-refractivity contribution in [1.82, 2.24) is 25.2 Å². The van der Waals surface area contributed by atoms with Crippen molar-refractivity contribution in [3.8, 4) is 0 Å². The lowest BCUT2D eigenvalue weighted by atomic mass is 9.89. The molecule has 1 aromatic carbocycles. The molecule has 0 spiro atoms. The van der Waals surface area contributed by atoms with Gasteiger partial charge in [0.05, 0.1) is 30.5 Å². The summed E-state index contributed by atoms with van der Waals surface area (Å²) in [6.45, 7) is 2.62. The second-order valence-corrected chi connectivity index (χ2v) is 6.83. The molecule has 1 fully saturated rings. The van der Waals surface area contributed by atoms with E-state index in [2.05, 4.69) is 32.7 Å². The number of carbonyl (C=O) groups excluding carboxylic acids is 1. The van der Waals surface area contributed by atoms with Crippen LogP contribution in [0.25, 0.3) is 0 Å². The minimum Gasteiger partial charge on any atom is -0.388 e. The molecule has 0 saturated carbocycles. The Labute approximate surface area is 147 Å². The number of piperidine rings is 1. The highest BCUT2D eigenvalue weighted by Gasteiger charge is 2.35. The Hall–Kier alpha value is -2.25. The quantitative estimate of drug-likeness (QED) is 0.812. The molecule has 1 aliphatic heterocycles. The van der Waals surface area contributed by atoms with Crippen LogP contribution in [0.3, 0.4) is 0 Å². The zero-order valence-electron chi connectivity index (χ0n) is 14.6. The van der Waals surface area contributed by atoms with Crippen LogP contribution in [-0.2, 0) is 24.9 Å². The molecule has 7 nitrogen and oxygen atoms in total. The van der Waals surface area contributed by atoms with Gasteiger partial charge in [-0.25, -0.2) is 0 Å². The van der Waals surface area contributed by atoms with Gasteiger partial charge < -0.3 is 10.4 Å². The summed E-state index contributed by atoms with van der Waals surface area (Å²) in [5.74, 6) is -0.148. The van der Waals surface area contributed by atoms with E-state index in [1.165, 1.54) is 5.56 Å². The summed E-state index contributed by atoms with van der Waals surface area (Å²) in [5, 5.41) is 21.3. The first-order valence-corrected chi connectivity index (χ1v) is 8.63. The molecular weight excluding hydrogens is 318 g/mol. The number of nitrogens with one attached hydrogen (secondary N) is 1. The van der Waals surface area contributed by atoms with Gasteiger partial charge in [-0.3, -0.25) is 14.4 Å². The summed E-state index contributed by atoms with van der Waals surface area (Å²) in [7, 11) is 1.78. The van der Waals surface area contributed by atoms with Crippen LogP contribution >= 0.6 is 0 Å².